The number of aliphatic hydroxyl groups excluding tert-OH is 3. The SMILES string of the molecule is CC[C@H]1[C@@H](O)[C@@H]2[C@H](CC[C@]3(C)[C@@H]([C@H](C)CCOC(=O)C[C@@H]4CCC[C@@H]4O)CC[C@@H]23)[C@@]2(C)CC[C@@H](O)C[C@@H]12. The Morgan fingerprint density at radius 3 is 2.38 bits per heavy atom. The van der Waals surface area contributed by atoms with E-state index in [0.29, 0.717) is 54.5 Å². The van der Waals surface area contributed by atoms with Gasteiger partial charge in [-0.1, -0.05) is 40.5 Å². The second-order valence-corrected chi connectivity index (χ2v) is 14.6. The van der Waals surface area contributed by atoms with Crippen molar-refractivity contribution in [3.8, 4) is 0 Å². The van der Waals surface area contributed by atoms with Crippen molar-refractivity contribution in [2.75, 3.05) is 6.61 Å². The fraction of sp³-hybridized carbons (Fsp3) is 0.969. The van der Waals surface area contributed by atoms with Crippen LogP contribution in [-0.4, -0.2) is 46.2 Å². The minimum absolute atomic E-state index is 0.0809. The number of fused-ring (bicyclic) bond motifs is 5. The van der Waals surface area contributed by atoms with Crippen molar-refractivity contribution >= 4 is 5.97 Å². The Morgan fingerprint density at radius 2 is 1.68 bits per heavy atom. The monoisotopic (exact) mass is 518 g/mol. The van der Waals surface area contributed by atoms with E-state index in [4.69, 9.17) is 4.74 Å². The molecule has 37 heavy (non-hydrogen) atoms. The first kappa shape index (κ1) is 27.9. The van der Waals surface area contributed by atoms with Crippen molar-refractivity contribution in [3.05, 3.63) is 0 Å². The number of carbonyl (C=O) groups is 1. The normalized spacial score (nSPS) is 50.1. The zero-order chi connectivity index (χ0) is 26.5. The number of hydrogen-bond donors (Lipinski definition) is 3. The summed E-state index contributed by atoms with van der Waals surface area (Å²) in [5.41, 5.74) is 0.491. The van der Waals surface area contributed by atoms with Gasteiger partial charge in [0, 0.05) is 0 Å². The summed E-state index contributed by atoms with van der Waals surface area (Å²) in [5, 5.41) is 32.4. The molecular formula is C32H54O5. The molecule has 5 nitrogen and oxygen atoms in total. The van der Waals surface area contributed by atoms with Gasteiger partial charge in [-0.05, 0) is 122 Å². The molecule has 0 aliphatic heterocycles. The molecule has 5 saturated carbocycles. The minimum atomic E-state index is -0.337. The zero-order valence-electron chi connectivity index (χ0n) is 23.9. The van der Waals surface area contributed by atoms with Crippen LogP contribution in [0.15, 0.2) is 0 Å². The lowest BCUT2D eigenvalue weighted by molar-refractivity contribution is -0.203. The Kier molecular flexibility index (Phi) is 8.09. The highest BCUT2D eigenvalue weighted by atomic mass is 16.5. The Hall–Kier alpha value is -0.650. The third-order valence-electron chi connectivity index (χ3n) is 13.0. The summed E-state index contributed by atoms with van der Waals surface area (Å²) >= 11 is 0. The lowest BCUT2D eigenvalue weighted by Gasteiger charge is -2.64. The molecule has 5 aliphatic carbocycles. The molecule has 5 rings (SSSR count). The van der Waals surface area contributed by atoms with E-state index in [1.165, 1.54) is 25.7 Å². The maximum Gasteiger partial charge on any atom is 0.306 e. The molecular weight excluding hydrogens is 464 g/mol. The van der Waals surface area contributed by atoms with Crippen LogP contribution in [0, 0.1) is 58.2 Å². The van der Waals surface area contributed by atoms with Crippen molar-refractivity contribution < 1.29 is 24.9 Å². The molecule has 0 radical (unpaired) electrons. The van der Waals surface area contributed by atoms with E-state index in [2.05, 4.69) is 27.7 Å². The fourth-order valence-electron chi connectivity index (χ4n) is 11.0. The molecule has 0 saturated heterocycles. The molecule has 5 fully saturated rings. The van der Waals surface area contributed by atoms with Gasteiger partial charge >= 0.3 is 5.97 Å². The second kappa shape index (κ2) is 10.7. The van der Waals surface area contributed by atoms with Gasteiger partial charge < -0.3 is 20.1 Å². The second-order valence-electron chi connectivity index (χ2n) is 14.6. The van der Waals surface area contributed by atoms with Gasteiger partial charge in [0.1, 0.15) is 0 Å². The van der Waals surface area contributed by atoms with Gasteiger partial charge in [-0.2, -0.15) is 0 Å². The number of hydrogen-bond acceptors (Lipinski definition) is 5. The molecule has 0 spiro atoms. The van der Waals surface area contributed by atoms with Crippen LogP contribution in [0.4, 0.5) is 0 Å². The summed E-state index contributed by atoms with van der Waals surface area (Å²) in [4.78, 5) is 12.4. The molecule has 0 amide bonds. The topological polar surface area (TPSA) is 87.0 Å². The number of rotatable bonds is 7. The van der Waals surface area contributed by atoms with Crippen LogP contribution in [0.2, 0.25) is 0 Å². The van der Waals surface area contributed by atoms with E-state index < -0.39 is 0 Å². The predicted molar refractivity (Wildman–Crippen MR) is 144 cm³/mol. The van der Waals surface area contributed by atoms with Gasteiger partial charge in [-0.3, -0.25) is 4.79 Å². The van der Waals surface area contributed by atoms with Crippen LogP contribution in [0.3, 0.4) is 0 Å². The third kappa shape index (κ3) is 4.82. The maximum absolute atomic E-state index is 12.4. The average Bonchev–Trinajstić information content (AvgIpc) is 3.42. The molecule has 0 aromatic carbocycles. The first-order valence-corrected chi connectivity index (χ1v) is 15.8. The highest BCUT2D eigenvalue weighted by molar-refractivity contribution is 5.69. The molecule has 5 heteroatoms. The molecule has 5 aliphatic rings. The summed E-state index contributed by atoms with van der Waals surface area (Å²) in [6.45, 7) is 10.1. The molecule has 0 heterocycles. The van der Waals surface area contributed by atoms with Crippen LogP contribution in [0.5, 0.6) is 0 Å². The van der Waals surface area contributed by atoms with Gasteiger partial charge in [0.15, 0.2) is 0 Å². The van der Waals surface area contributed by atoms with Crippen molar-refractivity contribution in [1.82, 2.24) is 0 Å². The summed E-state index contributed by atoms with van der Waals surface area (Å²) < 4.78 is 5.65. The van der Waals surface area contributed by atoms with E-state index in [1.807, 2.05) is 0 Å². The quantitative estimate of drug-likeness (QED) is 0.375. The molecule has 13 atom stereocenters. The summed E-state index contributed by atoms with van der Waals surface area (Å²) in [6.07, 6.45) is 12.0. The highest BCUT2D eigenvalue weighted by Crippen LogP contribution is 2.69. The Morgan fingerprint density at radius 1 is 0.946 bits per heavy atom. The third-order valence-corrected chi connectivity index (χ3v) is 13.0. The van der Waals surface area contributed by atoms with E-state index in [-0.39, 0.29) is 41.0 Å². The van der Waals surface area contributed by atoms with Gasteiger partial charge in [-0.15, -0.1) is 0 Å². The highest BCUT2D eigenvalue weighted by Gasteiger charge is 2.64. The minimum Gasteiger partial charge on any atom is -0.466 e. The van der Waals surface area contributed by atoms with Crippen LogP contribution in [0.1, 0.15) is 111 Å². The first-order chi connectivity index (χ1) is 17.6. The van der Waals surface area contributed by atoms with Gasteiger partial charge in [0.05, 0.1) is 31.3 Å². The molecule has 0 aromatic heterocycles. The summed E-state index contributed by atoms with van der Waals surface area (Å²) in [7, 11) is 0. The van der Waals surface area contributed by atoms with E-state index in [1.54, 1.807) is 0 Å². The fourth-order valence-corrected chi connectivity index (χ4v) is 11.0. The van der Waals surface area contributed by atoms with E-state index in [0.717, 1.165) is 51.4 Å². The van der Waals surface area contributed by atoms with Gasteiger partial charge in [0.25, 0.3) is 0 Å². The van der Waals surface area contributed by atoms with Crippen LogP contribution in [-0.2, 0) is 9.53 Å². The number of aliphatic hydroxyl groups is 3. The van der Waals surface area contributed by atoms with Crippen LogP contribution < -0.4 is 0 Å². The summed E-state index contributed by atoms with van der Waals surface area (Å²) in [6, 6.07) is 0. The van der Waals surface area contributed by atoms with Crippen LogP contribution >= 0.6 is 0 Å². The van der Waals surface area contributed by atoms with Crippen LogP contribution in [0.25, 0.3) is 0 Å². The lowest BCUT2D eigenvalue weighted by Crippen LogP contribution is -2.62. The Balaban J connectivity index is 1.23. The Labute approximate surface area is 225 Å². The molecule has 212 valence electrons. The van der Waals surface area contributed by atoms with Gasteiger partial charge in [0.2, 0.25) is 0 Å². The lowest BCUT2D eigenvalue weighted by atomic mass is 9.41. The smallest absolute Gasteiger partial charge is 0.306 e. The van der Waals surface area contributed by atoms with E-state index >= 15 is 0 Å². The standard InChI is InChI=1S/C32H54O5/c1-5-22-26-18-21(33)11-14-32(26,4)25-12-15-31(3)23(9-10-24(31)29(25)30(22)36)19(2)13-16-37-28(35)17-20-7-6-8-27(20)34/h19-27,29-30,33-34,36H,5-18H2,1-4H3/t19-,20+,21-,22-,23-,24+,25+,26+,27+,29+,30-,31-,32-/m1/s1. The van der Waals surface area contributed by atoms with E-state index in [9.17, 15) is 20.1 Å². The van der Waals surface area contributed by atoms with Gasteiger partial charge in [-0.25, -0.2) is 0 Å². The molecule has 0 unspecified atom stereocenters. The van der Waals surface area contributed by atoms with Crippen molar-refractivity contribution in [2.24, 2.45) is 58.2 Å². The van der Waals surface area contributed by atoms with Crippen molar-refractivity contribution in [3.63, 3.8) is 0 Å². The maximum atomic E-state index is 12.4. The zero-order valence-corrected chi connectivity index (χ0v) is 23.9. The van der Waals surface area contributed by atoms with Crippen molar-refractivity contribution in [2.45, 2.75) is 129 Å². The number of carbonyl (C=O) groups excluding carboxylic acids is 1. The predicted octanol–water partition coefficient (Wildman–Crippen LogP) is 5.73. The Bertz CT molecular complexity index is 815. The van der Waals surface area contributed by atoms with Crippen molar-refractivity contribution in [1.29, 1.82) is 0 Å². The molecule has 0 bridgehead atoms. The number of esters is 1. The first-order valence-electron chi connectivity index (χ1n) is 15.8. The average molecular weight is 519 g/mol. The molecule has 0 aromatic rings. The largest absolute Gasteiger partial charge is 0.466 e. The summed E-state index contributed by atoms with van der Waals surface area (Å²) in [5.74, 6) is 3.31. The molecule has 3 N–H and O–H groups in total. The number of ether oxygens (including phenoxy) is 1.